The third-order valence-electron chi connectivity index (χ3n) is 7.59. The number of amides is 3. The normalized spacial score (nSPS) is 29.6. The molecule has 3 N–H and O–H groups in total. The molecule has 8 nitrogen and oxygen atoms in total. The molecule has 3 aliphatic rings. The van der Waals surface area contributed by atoms with Gasteiger partial charge in [-0.15, -0.1) is 11.8 Å². The summed E-state index contributed by atoms with van der Waals surface area (Å²) in [6.45, 7) is -0.330. The molecule has 35 heavy (non-hydrogen) atoms. The van der Waals surface area contributed by atoms with Crippen LogP contribution in [-0.2, 0) is 14.4 Å². The number of rotatable bonds is 7. The van der Waals surface area contributed by atoms with E-state index in [9.17, 15) is 19.5 Å². The first-order valence-electron chi connectivity index (χ1n) is 11.8. The summed E-state index contributed by atoms with van der Waals surface area (Å²) < 4.78 is 4.48. The van der Waals surface area contributed by atoms with Crippen molar-refractivity contribution in [3.05, 3.63) is 60.2 Å². The van der Waals surface area contributed by atoms with Crippen molar-refractivity contribution in [2.75, 3.05) is 26.1 Å². The van der Waals surface area contributed by atoms with Crippen LogP contribution >= 0.6 is 11.8 Å². The first-order valence-corrected chi connectivity index (χ1v) is 12.7. The molecule has 0 saturated carbocycles. The van der Waals surface area contributed by atoms with Gasteiger partial charge in [0.25, 0.3) is 0 Å². The number of nitrogens with zero attached hydrogens (tertiary/aromatic N) is 1. The lowest BCUT2D eigenvalue weighted by molar-refractivity contribution is -0.142. The maximum atomic E-state index is 14.1. The monoisotopic (exact) mass is 495 g/mol. The number of fused-ring (bicyclic) bond motifs is 1. The van der Waals surface area contributed by atoms with Crippen molar-refractivity contribution >= 4 is 35.2 Å². The molecule has 2 unspecified atom stereocenters. The Morgan fingerprint density at radius 1 is 1.17 bits per heavy atom. The number of hydrogen-bond donors (Lipinski definition) is 3. The van der Waals surface area contributed by atoms with Crippen LogP contribution in [0.15, 0.2) is 54.6 Å². The maximum absolute atomic E-state index is 14.1. The minimum Gasteiger partial charge on any atom is -0.497 e. The summed E-state index contributed by atoms with van der Waals surface area (Å²) in [5.41, 5.74) is 1.33. The van der Waals surface area contributed by atoms with Gasteiger partial charge in [-0.3, -0.25) is 14.4 Å². The van der Waals surface area contributed by atoms with E-state index >= 15 is 0 Å². The predicted molar refractivity (Wildman–Crippen MR) is 133 cm³/mol. The summed E-state index contributed by atoms with van der Waals surface area (Å²) in [7, 11) is 3.15. The summed E-state index contributed by atoms with van der Waals surface area (Å²) in [4.78, 5) is 42.4. The van der Waals surface area contributed by atoms with Gasteiger partial charge >= 0.3 is 0 Å². The van der Waals surface area contributed by atoms with Gasteiger partial charge < -0.3 is 25.4 Å². The fourth-order valence-electron chi connectivity index (χ4n) is 6.11. The molecule has 0 radical (unpaired) electrons. The molecule has 0 aromatic heterocycles. The first kappa shape index (κ1) is 23.7. The zero-order chi connectivity index (χ0) is 24.7. The Morgan fingerprint density at radius 3 is 2.51 bits per heavy atom. The number of aliphatic hydroxyl groups is 1. The van der Waals surface area contributed by atoms with Crippen LogP contribution < -0.4 is 15.4 Å². The molecule has 5 rings (SSSR count). The third-order valence-corrected chi connectivity index (χ3v) is 9.54. The number of nitrogens with one attached hydrogen (secondary N) is 2. The van der Waals surface area contributed by atoms with Crippen LogP contribution in [0.25, 0.3) is 0 Å². The lowest BCUT2D eigenvalue weighted by atomic mass is 9.70. The average molecular weight is 496 g/mol. The summed E-state index contributed by atoms with van der Waals surface area (Å²) in [6, 6.07) is 14.7. The lowest BCUT2D eigenvalue weighted by Crippen LogP contribution is -2.52. The van der Waals surface area contributed by atoms with E-state index < -0.39 is 28.7 Å². The van der Waals surface area contributed by atoms with Gasteiger partial charge in [0.15, 0.2) is 0 Å². The number of hydrogen-bond acceptors (Lipinski definition) is 6. The van der Waals surface area contributed by atoms with Crippen molar-refractivity contribution in [2.45, 2.75) is 34.9 Å². The van der Waals surface area contributed by atoms with E-state index in [1.165, 1.54) is 0 Å². The molecular formula is C26H29N3O5S. The maximum Gasteiger partial charge on any atom is 0.248 e. The van der Waals surface area contributed by atoms with E-state index in [-0.39, 0.29) is 29.6 Å². The molecule has 6 atom stereocenters. The first-order chi connectivity index (χ1) is 16.9. The fourth-order valence-corrected chi connectivity index (χ4v) is 8.31. The van der Waals surface area contributed by atoms with E-state index in [1.807, 2.05) is 30.3 Å². The van der Waals surface area contributed by atoms with Crippen molar-refractivity contribution in [2.24, 2.45) is 11.8 Å². The van der Waals surface area contributed by atoms with Gasteiger partial charge in [-0.25, -0.2) is 0 Å². The quantitative estimate of drug-likeness (QED) is 0.544. The van der Waals surface area contributed by atoms with Crippen LogP contribution in [0.4, 0.5) is 5.69 Å². The number of ether oxygens (including phenoxy) is 1. The van der Waals surface area contributed by atoms with E-state index in [1.54, 1.807) is 55.1 Å². The Morgan fingerprint density at radius 2 is 1.89 bits per heavy atom. The fraction of sp³-hybridized carbons (Fsp3) is 0.423. The molecule has 3 amide bonds. The van der Waals surface area contributed by atoms with Gasteiger partial charge in [-0.2, -0.15) is 0 Å². The Labute approximate surface area is 208 Å². The standard InChI is InChI=1S/C26H29N3O5S/c1-27-23(31)20-19-12-13-26(35-19)21(20)25(33)29(18(14-30)15-6-4-3-5-7-15)22(26)24(32)28-16-8-10-17(34-2)11-9-16/h3-11,18-22,30H,12-14H2,1-2H3,(H,27,31)(H,28,32)/t18-,19+,20-,21+,22?,26?/m1/s1. The molecule has 3 aliphatic heterocycles. The second-order valence-electron chi connectivity index (χ2n) is 9.24. The van der Waals surface area contributed by atoms with Crippen LogP contribution in [0.3, 0.4) is 0 Å². The second kappa shape index (κ2) is 9.20. The van der Waals surface area contributed by atoms with Crippen LogP contribution in [-0.4, -0.2) is 64.5 Å². The molecule has 1 spiro atoms. The van der Waals surface area contributed by atoms with Gasteiger partial charge in [-0.1, -0.05) is 30.3 Å². The topological polar surface area (TPSA) is 108 Å². The van der Waals surface area contributed by atoms with Crippen LogP contribution in [0.5, 0.6) is 5.75 Å². The zero-order valence-corrected chi connectivity index (χ0v) is 20.5. The predicted octanol–water partition coefficient (Wildman–Crippen LogP) is 2.20. The number of carbonyl (C=O) groups is 3. The molecule has 2 aromatic carbocycles. The largest absolute Gasteiger partial charge is 0.497 e. The minimum atomic E-state index is -0.830. The van der Waals surface area contributed by atoms with Crippen molar-refractivity contribution in [1.29, 1.82) is 0 Å². The van der Waals surface area contributed by atoms with Crippen LogP contribution in [0.2, 0.25) is 0 Å². The van der Waals surface area contributed by atoms with Crippen molar-refractivity contribution in [3.63, 3.8) is 0 Å². The van der Waals surface area contributed by atoms with Gasteiger partial charge in [0.1, 0.15) is 11.8 Å². The summed E-state index contributed by atoms with van der Waals surface area (Å²) in [5.74, 6) is -1.17. The Hall–Kier alpha value is -3.04. The number of aliphatic hydroxyl groups excluding tert-OH is 1. The number of thioether (sulfide) groups is 1. The molecule has 3 saturated heterocycles. The summed E-state index contributed by atoms with van der Waals surface area (Å²) in [6.07, 6.45) is 1.43. The Bertz CT molecular complexity index is 1130. The van der Waals surface area contributed by atoms with E-state index in [0.717, 1.165) is 12.0 Å². The number of likely N-dealkylation sites (tertiary alicyclic amines) is 1. The van der Waals surface area contributed by atoms with E-state index in [4.69, 9.17) is 4.74 Å². The highest BCUT2D eigenvalue weighted by molar-refractivity contribution is 8.02. The number of benzene rings is 2. The van der Waals surface area contributed by atoms with E-state index in [2.05, 4.69) is 10.6 Å². The van der Waals surface area contributed by atoms with Crippen LogP contribution in [0.1, 0.15) is 24.4 Å². The Kier molecular flexibility index (Phi) is 6.23. The summed E-state index contributed by atoms with van der Waals surface area (Å²) in [5, 5.41) is 16.1. The van der Waals surface area contributed by atoms with Crippen molar-refractivity contribution < 1.29 is 24.2 Å². The van der Waals surface area contributed by atoms with Gasteiger partial charge in [-0.05, 0) is 42.7 Å². The molecule has 0 aliphatic carbocycles. The molecule has 184 valence electrons. The third kappa shape index (κ3) is 3.68. The highest BCUT2D eigenvalue weighted by atomic mass is 32.2. The van der Waals surface area contributed by atoms with Gasteiger partial charge in [0.05, 0.1) is 36.3 Å². The highest BCUT2D eigenvalue weighted by Gasteiger charge is 2.74. The number of anilines is 1. The smallest absolute Gasteiger partial charge is 0.248 e. The summed E-state index contributed by atoms with van der Waals surface area (Å²) >= 11 is 1.60. The molecule has 9 heteroatoms. The van der Waals surface area contributed by atoms with Gasteiger partial charge in [0.2, 0.25) is 17.7 Å². The van der Waals surface area contributed by atoms with E-state index in [0.29, 0.717) is 17.9 Å². The molecule has 2 bridgehead atoms. The SMILES string of the molecule is CNC(=O)[C@@H]1[C@@H]2CCC3(S2)C(C(=O)Nc2ccc(OC)cc2)N([C@H](CO)c2ccccc2)C(=O)[C@H]13. The van der Waals surface area contributed by atoms with Crippen molar-refractivity contribution in [1.82, 2.24) is 10.2 Å². The highest BCUT2D eigenvalue weighted by Crippen LogP contribution is 2.67. The molecule has 3 fully saturated rings. The molecular weight excluding hydrogens is 466 g/mol. The lowest BCUT2D eigenvalue weighted by Gasteiger charge is -2.37. The van der Waals surface area contributed by atoms with Crippen molar-refractivity contribution in [3.8, 4) is 5.75 Å². The molecule has 2 aromatic rings. The van der Waals surface area contributed by atoms with Gasteiger partial charge in [0, 0.05) is 18.0 Å². The number of carbonyl (C=O) groups excluding carboxylic acids is 3. The van der Waals surface area contributed by atoms with Crippen LogP contribution in [0, 0.1) is 11.8 Å². The Balaban J connectivity index is 1.57. The second-order valence-corrected chi connectivity index (χ2v) is 10.8. The number of methoxy groups -OCH3 is 1. The average Bonchev–Trinajstić information content (AvgIpc) is 3.53. The minimum absolute atomic E-state index is 0.00774. The molecule has 3 heterocycles. The zero-order valence-electron chi connectivity index (χ0n) is 19.6.